The van der Waals surface area contributed by atoms with Gasteiger partial charge in [-0.15, -0.1) is 0 Å². The molecule has 84 valence electrons. The van der Waals surface area contributed by atoms with Gasteiger partial charge in [-0.25, -0.2) is 0 Å². The van der Waals surface area contributed by atoms with Crippen molar-refractivity contribution >= 4 is 5.91 Å². The van der Waals surface area contributed by atoms with Crippen molar-refractivity contribution in [1.82, 2.24) is 10.2 Å². The Morgan fingerprint density at radius 1 is 1.60 bits per heavy atom. The molecule has 15 heavy (non-hydrogen) atoms. The minimum atomic E-state index is -0.529. The van der Waals surface area contributed by atoms with Crippen LogP contribution in [-0.4, -0.2) is 30.4 Å². The summed E-state index contributed by atoms with van der Waals surface area (Å²) in [6.07, 6.45) is 3.26. The Morgan fingerprint density at radius 3 is 2.73 bits per heavy atom. The summed E-state index contributed by atoms with van der Waals surface area (Å²) in [4.78, 5) is 13.6. The number of carbonyl (C=O) groups is 1. The van der Waals surface area contributed by atoms with Gasteiger partial charge in [-0.3, -0.25) is 4.79 Å². The summed E-state index contributed by atoms with van der Waals surface area (Å²) in [5.41, 5.74) is 0.469. The topological polar surface area (TPSA) is 45.5 Å². The van der Waals surface area contributed by atoms with E-state index in [2.05, 4.69) is 5.32 Å². The molecule has 0 aromatic carbocycles. The molecule has 0 aliphatic rings. The molecule has 1 aromatic heterocycles. The van der Waals surface area contributed by atoms with E-state index in [1.165, 1.54) is 0 Å². The largest absolute Gasteiger partial charge is 0.472 e. The van der Waals surface area contributed by atoms with Crippen LogP contribution in [0.4, 0.5) is 0 Å². The van der Waals surface area contributed by atoms with Gasteiger partial charge in [0.1, 0.15) is 0 Å². The number of rotatable bonds is 4. The molecule has 4 nitrogen and oxygen atoms in total. The number of hydrogen-bond donors (Lipinski definition) is 1. The highest BCUT2D eigenvalue weighted by Gasteiger charge is 2.28. The van der Waals surface area contributed by atoms with Crippen LogP contribution in [0.25, 0.3) is 0 Å². The Bertz CT molecular complexity index is 317. The van der Waals surface area contributed by atoms with Crippen molar-refractivity contribution < 1.29 is 9.21 Å². The van der Waals surface area contributed by atoms with Gasteiger partial charge in [0.15, 0.2) is 0 Å². The third kappa shape index (κ3) is 2.83. The molecule has 1 heterocycles. The lowest BCUT2D eigenvalue weighted by Crippen LogP contribution is -2.51. The lowest BCUT2D eigenvalue weighted by molar-refractivity contribution is -0.136. The first-order valence-corrected chi connectivity index (χ1v) is 4.93. The van der Waals surface area contributed by atoms with Crippen molar-refractivity contribution in [3.63, 3.8) is 0 Å². The molecule has 1 rings (SSSR count). The molecule has 1 N–H and O–H groups in total. The van der Waals surface area contributed by atoms with E-state index in [0.717, 1.165) is 5.56 Å². The van der Waals surface area contributed by atoms with Crippen LogP contribution < -0.4 is 5.32 Å². The van der Waals surface area contributed by atoms with E-state index < -0.39 is 5.54 Å². The van der Waals surface area contributed by atoms with Gasteiger partial charge in [-0.1, -0.05) is 0 Å². The van der Waals surface area contributed by atoms with Gasteiger partial charge in [-0.05, 0) is 27.0 Å². The second-order valence-corrected chi connectivity index (χ2v) is 4.17. The monoisotopic (exact) mass is 210 g/mol. The maximum Gasteiger partial charge on any atom is 0.242 e. The van der Waals surface area contributed by atoms with Gasteiger partial charge in [0, 0.05) is 19.2 Å². The van der Waals surface area contributed by atoms with Crippen molar-refractivity contribution in [1.29, 1.82) is 0 Å². The summed E-state index contributed by atoms with van der Waals surface area (Å²) in [6, 6.07) is 1.86. The van der Waals surface area contributed by atoms with Crippen LogP contribution in [0.3, 0.4) is 0 Å². The maximum absolute atomic E-state index is 12.0. The summed E-state index contributed by atoms with van der Waals surface area (Å²) in [5.74, 6) is 0.0613. The van der Waals surface area contributed by atoms with Gasteiger partial charge < -0.3 is 14.6 Å². The van der Waals surface area contributed by atoms with E-state index >= 15 is 0 Å². The van der Waals surface area contributed by atoms with Gasteiger partial charge in [0.25, 0.3) is 0 Å². The highest BCUT2D eigenvalue weighted by Crippen LogP contribution is 2.10. The minimum Gasteiger partial charge on any atom is -0.472 e. The third-order valence-electron chi connectivity index (χ3n) is 2.51. The average molecular weight is 210 g/mol. The Labute approximate surface area is 90.3 Å². The Morgan fingerprint density at radius 2 is 2.27 bits per heavy atom. The first-order chi connectivity index (χ1) is 6.97. The Hall–Kier alpha value is -1.29. The van der Waals surface area contributed by atoms with Crippen LogP contribution in [0.1, 0.15) is 19.4 Å². The van der Waals surface area contributed by atoms with Crippen LogP contribution in [-0.2, 0) is 11.3 Å². The van der Waals surface area contributed by atoms with Crippen molar-refractivity contribution in [2.45, 2.75) is 25.9 Å². The molecular weight excluding hydrogens is 192 g/mol. The fraction of sp³-hybridized carbons (Fsp3) is 0.545. The number of carbonyl (C=O) groups excluding carboxylic acids is 1. The van der Waals surface area contributed by atoms with Gasteiger partial charge in [0.2, 0.25) is 5.91 Å². The minimum absolute atomic E-state index is 0.0613. The molecule has 0 spiro atoms. The fourth-order valence-electron chi connectivity index (χ4n) is 1.31. The van der Waals surface area contributed by atoms with Crippen LogP contribution in [0.5, 0.6) is 0 Å². The molecular formula is C11H18N2O2. The molecule has 0 atom stereocenters. The summed E-state index contributed by atoms with van der Waals surface area (Å²) < 4.78 is 4.95. The average Bonchev–Trinajstić information content (AvgIpc) is 2.69. The summed E-state index contributed by atoms with van der Waals surface area (Å²) in [7, 11) is 3.57. The number of likely N-dealkylation sites (N-methyl/N-ethyl adjacent to an activating group) is 2. The maximum atomic E-state index is 12.0. The smallest absolute Gasteiger partial charge is 0.242 e. The first kappa shape index (κ1) is 11.8. The number of furan rings is 1. The lowest BCUT2D eigenvalue weighted by atomic mass is 10.0. The fourth-order valence-corrected chi connectivity index (χ4v) is 1.31. The zero-order chi connectivity index (χ0) is 11.5. The van der Waals surface area contributed by atoms with E-state index in [-0.39, 0.29) is 5.91 Å². The van der Waals surface area contributed by atoms with Crippen LogP contribution in [0.2, 0.25) is 0 Å². The summed E-state index contributed by atoms with van der Waals surface area (Å²) in [6.45, 7) is 4.29. The lowest BCUT2D eigenvalue weighted by Gasteiger charge is -2.28. The van der Waals surface area contributed by atoms with Gasteiger partial charge >= 0.3 is 0 Å². The molecule has 0 radical (unpaired) electrons. The number of amides is 1. The Kier molecular flexibility index (Phi) is 3.52. The normalized spacial score (nSPS) is 11.5. The highest BCUT2D eigenvalue weighted by atomic mass is 16.3. The zero-order valence-electron chi connectivity index (χ0n) is 9.70. The predicted molar refractivity (Wildman–Crippen MR) is 58.3 cm³/mol. The van der Waals surface area contributed by atoms with E-state index in [9.17, 15) is 4.79 Å². The third-order valence-corrected chi connectivity index (χ3v) is 2.51. The molecule has 0 unspecified atom stereocenters. The number of nitrogens with one attached hydrogen (secondary N) is 1. The first-order valence-electron chi connectivity index (χ1n) is 4.93. The molecule has 0 saturated carbocycles. The van der Waals surface area contributed by atoms with Crippen LogP contribution in [0, 0.1) is 0 Å². The van der Waals surface area contributed by atoms with Gasteiger partial charge in [0.05, 0.1) is 18.1 Å². The molecule has 0 fully saturated rings. The van der Waals surface area contributed by atoms with E-state index in [1.807, 2.05) is 19.9 Å². The van der Waals surface area contributed by atoms with E-state index in [0.29, 0.717) is 6.54 Å². The second kappa shape index (κ2) is 4.49. The molecule has 0 aliphatic heterocycles. The van der Waals surface area contributed by atoms with E-state index in [1.54, 1.807) is 31.5 Å². The molecule has 0 saturated heterocycles. The molecule has 1 aromatic rings. The SMILES string of the molecule is CNC(C)(C)C(=O)N(C)Cc1ccoc1. The second-order valence-electron chi connectivity index (χ2n) is 4.17. The van der Waals surface area contributed by atoms with Crippen LogP contribution >= 0.6 is 0 Å². The molecule has 1 amide bonds. The quantitative estimate of drug-likeness (QED) is 0.813. The van der Waals surface area contributed by atoms with Gasteiger partial charge in [-0.2, -0.15) is 0 Å². The van der Waals surface area contributed by atoms with E-state index in [4.69, 9.17) is 4.42 Å². The van der Waals surface area contributed by atoms with Crippen LogP contribution in [0.15, 0.2) is 23.0 Å². The summed E-state index contributed by atoms with van der Waals surface area (Å²) in [5, 5.41) is 2.99. The van der Waals surface area contributed by atoms with Crippen molar-refractivity contribution in [2.24, 2.45) is 0 Å². The van der Waals surface area contributed by atoms with Crippen molar-refractivity contribution in [3.05, 3.63) is 24.2 Å². The molecule has 4 heteroatoms. The number of hydrogen-bond acceptors (Lipinski definition) is 3. The predicted octanol–water partition coefficient (Wildman–Crippen LogP) is 1.24. The van der Waals surface area contributed by atoms with Crippen molar-refractivity contribution in [3.8, 4) is 0 Å². The van der Waals surface area contributed by atoms with Crippen molar-refractivity contribution in [2.75, 3.05) is 14.1 Å². The molecule has 0 aliphatic carbocycles. The summed E-state index contributed by atoms with van der Waals surface area (Å²) >= 11 is 0. The zero-order valence-corrected chi connectivity index (χ0v) is 9.70. The highest BCUT2D eigenvalue weighted by molar-refractivity contribution is 5.85. The molecule has 0 bridgehead atoms. The number of nitrogens with zero attached hydrogens (tertiary/aromatic N) is 1. The standard InChI is InChI=1S/C11H18N2O2/c1-11(2,12-3)10(14)13(4)7-9-5-6-15-8-9/h5-6,8,12H,7H2,1-4H3. The Balaban J connectivity index is 2.61.